The second kappa shape index (κ2) is 6.00. The molecule has 1 heterocycles. The topological polar surface area (TPSA) is 51.1 Å². The summed E-state index contributed by atoms with van der Waals surface area (Å²) in [6, 6.07) is 9.97. The molecule has 0 aliphatic rings. The number of fused-ring (bicyclic) bond motifs is 1. The first kappa shape index (κ1) is 14.9. The first-order chi connectivity index (χ1) is 11.1. The third-order valence-electron chi connectivity index (χ3n) is 3.46. The number of halogens is 2. The lowest BCUT2D eigenvalue weighted by atomic mass is 10.2. The van der Waals surface area contributed by atoms with Gasteiger partial charge in [-0.25, -0.2) is 8.78 Å². The Morgan fingerprint density at radius 2 is 1.96 bits per heavy atom. The molecule has 3 rings (SSSR count). The summed E-state index contributed by atoms with van der Waals surface area (Å²) < 4.78 is 28.3. The van der Waals surface area contributed by atoms with Crippen LogP contribution in [0.15, 0.2) is 48.7 Å². The summed E-state index contributed by atoms with van der Waals surface area (Å²) in [4.78, 5) is 23.2. The summed E-state index contributed by atoms with van der Waals surface area (Å²) in [6.45, 7) is -0.121. The maximum absolute atomic E-state index is 13.5. The Kier molecular flexibility index (Phi) is 3.89. The van der Waals surface area contributed by atoms with Gasteiger partial charge in [0.25, 0.3) is 0 Å². The number of rotatable bonds is 4. The lowest BCUT2D eigenvalue weighted by molar-refractivity contribution is -0.116. The van der Waals surface area contributed by atoms with Gasteiger partial charge in [-0.05, 0) is 18.2 Å². The Morgan fingerprint density at radius 1 is 1.17 bits per heavy atom. The molecule has 0 aliphatic heterocycles. The Balaban J connectivity index is 1.86. The zero-order chi connectivity index (χ0) is 16.4. The molecule has 0 aliphatic carbocycles. The van der Waals surface area contributed by atoms with Gasteiger partial charge in [0.1, 0.15) is 18.2 Å². The third kappa shape index (κ3) is 2.96. The van der Waals surface area contributed by atoms with E-state index in [1.807, 2.05) is 0 Å². The number of benzene rings is 2. The number of para-hydroxylation sites is 1. The van der Waals surface area contributed by atoms with Crippen molar-refractivity contribution in [1.29, 1.82) is 0 Å². The van der Waals surface area contributed by atoms with Gasteiger partial charge in [-0.15, -0.1) is 0 Å². The average Bonchev–Trinajstić information content (AvgIpc) is 2.89. The monoisotopic (exact) mass is 314 g/mol. The van der Waals surface area contributed by atoms with E-state index in [0.717, 1.165) is 23.6 Å². The van der Waals surface area contributed by atoms with Crippen molar-refractivity contribution in [2.45, 2.75) is 6.54 Å². The quantitative estimate of drug-likeness (QED) is 0.751. The molecule has 0 saturated heterocycles. The van der Waals surface area contributed by atoms with Crippen LogP contribution in [-0.2, 0) is 11.3 Å². The van der Waals surface area contributed by atoms with Crippen molar-refractivity contribution in [2.75, 3.05) is 5.32 Å². The third-order valence-corrected chi connectivity index (χ3v) is 3.46. The smallest absolute Gasteiger partial charge is 0.244 e. The second-order valence-corrected chi connectivity index (χ2v) is 5.02. The molecule has 0 saturated carbocycles. The van der Waals surface area contributed by atoms with Gasteiger partial charge >= 0.3 is 0 Å². The number of aldehydes is 1. The van der Waals surface area contributed by atoms with E-state index in [2.05, 4.69) is 5.32 Å². The van der Waals surface area contributed by atoms with E-state index in [1.165, 1.54) is 0 Å². The van der Waals surface area contributed by atoms with E-state index in [0.29, 0.717) is 17.4 Å². The number of carbonyl (C=O) groups excluding carboxylic acids is 2. The number of hydrogen-bond acceptors (Lipinski definition) is 2. The molecule has 0 spiro atoms. The van der Waals surface area contributed by atoms with Crippen LogP contribution in [0, 0.1) is 11.6 Å². The molecular formula is C17H12F2N2O2. The van der Waals surface area contributed by atoms with Crippen molar-refractivity contribution in [3.63, 3.8) is 0 Å². The summed E-state index contributed by atoms with van der Waals surface area (Å²) in [5, 5.41) is 3.06. The molecule has 2 aromatic carbocycles. The fourth-order valence-corrected chi connectivity index (χ4v) is 2.44. The first-order valence-corrected chi connectivity index (χ1v) is 6.86. The lowest BCUT2D eigenvalue weighted by Crippen LogP contribution is -2.19. The van der Waals surface area contributed by atoms with Gasteiger partial charge in [0.15, 0.2) is 6.29 Å². The number of carbonyl (C=O) groups is 2. The minimum Gasteiger partial charge on any atom is -0.337 e. The van der Waals surface area contributed by atoms with Gasteiger partial charge < -0.3 is 9.88 Å². The zero-order valence-corrected chi connectivity index (χ0v) is 11.9. The Labute approximate surface area is 130 Å². The molecule has 0 radical (unpaired) electrons. The van der Waals surface area contributed by atoms with Gasteiger partial charge in [-0.2, -0.15) is 0 Å². The molecule has 1 N–H and O–H groups in total. The van der Waals surface area contributed by atoms with E-state index >= 15 is 0 Å². The first-order valence-electron chi connectivity index (χ1n) is 6.86. The molecule has 0 fully saturated rings. The molecule has 6 heteroatoms. The fourth-order valence-electron chi connectivity index (χ4n) is 2.44. The van der Waals surface area contributed by atoms with Crippen LogP contribution in [0.5, 0.6) is 0 Å². The van der Waals surface area contributed by atoms with Crippen molar-refractivity contribution in [3.05, 3.63) is 65.9 Å². The second-order valence-electron chi connectivity index (χ2n) is 5.02. The molecule has 0 bridgehead atoms. The highest BCUT2D eigenvalue weighted by atomic mass is 19.1. The van der Waals surface area contributed by atoms with Crippen molar-refractivity contribution in [1.82, 2.24) is 4.57 Å². The summed E-state index contributed by atoms with van der Waals surface area (Å²) in [7, 11) is 0. The van der Waals surface area contributed by atoms with Crippen LogP contribution in [0.25, 0.3) is 10.9 Å². The van der Waals surface area contributed by atoms with E-state index in [4.69, 9.17) is 0 Å². The van der Waals surface area contributed by atoms with E-state index < -0.39 is 17.5 Å². The normalized spacial score (nSPS) is 10.7. The number of nitrogens with zero attached hydrogens (tertiary/aromatic N) is 1. The maximum atomic E-state index is 13.5. The van der Waals surface area contributed by atoms with Crippen molar-refractivity contribution in [2.24, 2.45) is 0 Å². The van der Waals surface area contributed by atoms with Crippen LogP contribution >= 0.6 is 0 Å². The fraction of sp³-hybridized carbons (Fsp3) is 0.0588. The number of anilines is 1. The van der Waals surface area contributed by atoms with Gasteiger partial charge in [0, 0.05) is 28.7 Å². The van der Waals surface area contributed by atoms with Gasteiger partial charge in [0.2, 0.25) is 5.91 Å². The number of amides is 1. The average molecular weight is 314 g/mol. The summed E-state index contributed by atoms with van der Waals surface area (Å²) in [5.74, 6) is -1.88. The molecule has 1 amide bonds. The van der Waals surface area contributed by atoms with Crippen LogP contribution in [0.1, 0.15) is 10.4 Å². The summed E-state index contributed by atoms with van der Waals surface area (Å²) in [5.41, 5.74) is 0.955. The molecule has 3 aromatic rings. The lowest BCUT2D eigenvalue weighted by Gasteiger charge is -2.08. The van der Waals surface area contributed by atoms with Crippen LogP contribution < -0.4 is 5.32 Å². The van der Waals surface area contributed by atoms with E-state index in [9.17, 15) is 18.4 Å². The highest BCUT2D eigenvalue weighted by Crippen LogP contribution is 2.20. The minimum absolute atomic E-state index is 0.121. The molecule has 23 heavy (non-hydrogen) atoms. The van der Waals surface area contributed by atoms with Crippen LogP contribution in [0.3, 0.4) is 0 Å². The minimum atomic E-state index is -0.717. The molecule has 0 unspecified atom stereocenters. The summed E-state index contributed by atoms with van der Waals surface area (Å²) >= 11 is 0. The van der Waals surface area contributed by atoms with Gasteiger partial charge in [0.05, 0.1) is 5.69 Å². The molecule has 1 aromatic heterocycles. The van der Waals surface area contributed by atoms with Gasteiger partial charge in [-0.3, -0.25) is 9.59 Å². The number of hydrogen-bond donors (Lipinski definition) is 1. The predicted octanol–water partition coefficient (Wildman–Crippen LogP) is 3.37. The van der Waals surface area contributed by atoms with E-state index in [-0.39, 0.29) is 12.2 Å². The standard InChI is InChI=1S/C17H12F2N2O2/c18-12-5-6-14(19)15(7-12)20-17(23)9-21-8-11(10-22)13-3-1-2-4-16(13)21/h1-8,10H,9H2,(H,20,23). The Morgan fingerprint density at radius 3 is 2.74 bits per heavy atom. The van der Waals surface area contributed by atoms with Crippen LogP contribution in [0.2, 0.25) is 0 Å². The predicted molar refractivity (Wildman–Crippen MR) is 82.3 cm³/mol. The number of aromatic nitrogens is 1. The Hall–Kier alpha value is -3.02. The highest BCUT2D eigenvalue weighted by molar-refractivity contribution is 5.99. The highest BCUT2D eigenvalue weighted by Gasteiger charge is 2.12. The maximum Gasteiger partial charge on any atom is 0.244 e. The SMILES string of the molecule is O=Cc1cn(CC(=O)Nc2cc(F)ccc2F)c2ccccc12. The van der Waals surface area contributed by atoms with Crippen molar-refractivity contribution < 1.29 is 18.4 Å². The summed E-state index contributed by atoms with van der Waals surface area (Å²) in [6.07, 6.45) is 2.27. The van der Waals surface area contributed by atoms with Gasteiger partial charge in [-0.1, -0.05) is 18.2 Å². The van der Waals surface area contributed by atoms with E-state index in [1.54, 1.807) is 35.0 Å². The van der Waals surface area contributed by atoms with Crippen LogP contribution in [-0.4, -0.2) is 16.8 Å². The molecule has 0 atom stereocenters. The molecule has 116 valence electrons. The zero-order valence-electron chi connectivity index (χ0n) is 11.9. The Bertz CT molecular complexity index is 903. The molecule has 4 nitrogen and oxygen atoms in total. The molecular weight excluding hydrogens is 302 g/mol. The largest absolute Gasteiger partial charge is 0.337 e. The van der Waals surface area contributed by atoms with Crippen molar-refractivity contribution in [3.8, 4) is 0 Å². The van der Waals surface area contributed by atoms with Crippen LogP contribution in [0.4, 0.5) is 14.5 Å². The number of nitrogens with one attached hydrogen (secondary N) is 1. The van der Waals surface area contributed by atoms with Crippen molar-refractivity contribution >= 4 is 28.8 Å².